The SMILES string of the molecule is Cc1ccc2c(c1)NC(=O)C([N+](=O)[O-])C(=O)N2. The summed E-state index contributed by atoms with van der Waals surface area (Å²) in [5, 5.41) is 15.3. The molecule has 2 N–H and O–H groups in total. The predicted molar refractivity (Wildman–Crippen MR) is 59.2 cm³/mol. The summed E-state index contributed by atoms with van der Waals surface area (Å²) in [6.07, 6.45) is 0. The highest BCUT2D eigenvalue weighted by molar-refractivity contribution is 6.17. The fourth-order valence-electron chi connectivity index (χ4n) is 1.58. The molecule has 0 aromatic heterocycles. The molecule has 0 fully saturated rings. The van der Waals surface area contributed by atoms with Gasteiger partial charge in [-0.3, -0.25) is 19.7 Å². The molecular weight excluding hydrogens is 226 g/mol. The first-order valence-corrected chi connectivity index (χ1v) is 4.85. The number of anilines is 2. The third-order valence-electron chi connectivity index (χ3n) is 2.40. The maximum Gasteiger partial charge on any atom is 0.366 e. The zero-order valence-electron chi connectivity index (χ0n) is 8.89. The van der Waals surface area contributed by atoms with E-state index in [4.69, 9.17) is 0 Å². The Balaban J connectivity index is 2.45. The second-order valence-electron chi connectivity index (χ2n) is 3.72. The van der Waals surface area contributed by atoms with Gasteiger partial charge in [0.05, 0.1) is 11.4 Å². The minimum atomic E-state index is -1.91. The number of nitro groups is 1. The molecule has 7 heteroatoms. The molecule has 7 nitrogen and oxygen atoms in total. The molecule has 1 aromatic carbocycles. The lowest BCUT2D eigenvalue weighted by Gasteiger charge is -2.06. The van der Waals surface area contributed by atoms with Crippen LogP contribution in [0.2, 0.25) is 0 Å². The molecule has 17 heavy (non-hydrogen) atoms. The Labute approximate surface area is 96.0 Å². The normalized spacial score (nSPS) is 18.8. The van der Waals surface area contributed by atoms with E-state index in [-0.39, 0.29) is 0 Å². The van der Waals surface area contributed by atoms with Gasteiger partial charge in [-0.25, -0.2) is 0 Å². The van der Waals surface area contributed by atoms with Crippen LogP contribution in [0.3, 0.4) is 0 Å². The summed E-state index contributed by atoms with van der Waals surface area (Å²) in [7, 11) is 0. The van der Waals surface area contributed by atoms with E-state index in [9.17, 15) is 19.7 Å². The van der Waals surface area contributed by atoms with Crippen LogP contribution in [0.25, 0.3) is 0 Å². The summed E-state index contributed by atoms with van der Waals surface area (Å²) in [6, 6.07) is 3.04. The summed E-state index contributed by atoms with van der Waals surface area (Å²) < 4.78 is 0. The van der Waals surface area contributed by atoms with Crippen LogP contribution in [0.4, 0.5) is 11.4 Å². The van der Waals surface area contributed by atoms with Crippen molar-refractivity contribution in [1.29, 1.82) is 0 Å². The van der Waals surface area contributed by atoms with Crippen molar-refractivity contribution in [2.75, 3.05) is 10.6 Å². The molecule has 1 unspecified atom stereocenters. The fraction of sp³-hybridized carbons (Fsp3) is 0.200. The van der Waals surface area contributed by atoms with E-state index in [1.54, 1.807) is 18.2 Å². The molecule has 0 saturated carbocycles. The Morgan fingerprint density at radius 3 is 2.35 bits per heavy atom. The first kappa shape index (κ1) is 11.1. The first-order valence-electron chi connectivity index (χ1n) is 4.85. The Hall–Kier alpha value is -2.44. The second kappa shape index (κ2) is 3.85. The van der Waals surface area contributed by atoms with E-state index in [0.29, 0.717) is 11.4 Å². The summed E-state index contributed by atoms with van der Waals surface area (Å²) >= 11 is 0. The largest absolute Gasteiger partial charge is 0.366 e. The van der Waals surface area contributed by atoms with Gasteiger partial charge in [-0.05, 0) is 24.6 Å². The molecule has 1 aliphatic heterocycles. The molecule has 1 aromatic rings. The Morgan fingerprint density at radius 1 is 1.18 bits per heavy atom. The Kier molecular flexibility index (Phi) is 2.51. The lowest BCUT2D eigenvalue weighted by atomic mass is 10.2. The molecule has 1 atom stereocenters. The number of aryl methyl sites for hydroxylation is 1. The molecule has 88 valence electrons. The summed E-state index contributed by atoms with van der Waals surface area (Å²) in [5.74, 6) is -1.87. The molecule has 1 heterocycles. The minimum Gasteiger partial charge on any atom is -0.318 e. The number of rotatable bonds is 1. The zero-order valence-corrected chi connectivity index (χ0v) is 8.89. The molecule has 2 rings (SSSR count). The highest BCUT2D eigenvalue weighted by atomic mass is 16.6. The fourth-order valence-corrected chi connectivity index (χ4v) is 1.58. The lowest BCUT2D eigenvalue weighted by Crippen LogP contribution is -2.42. The van der Waals surface area contributed by atoms with E-state index >= 15 is 0 Å². The van der Waals surface area contributed by atoms with Gasteiger partial charge in [0.25, 0.3) is 0 Å². The van der Waals surface area contributed by atoms with Crippen LogP contribution in [0.5, 0.6) is 0 Å². The number of nitrogens with one attached hydrogen (secondary N) is 2. The lowest BCUT2D eigenvalue weighted by molar-refractivity contribution is -0.492. The predicted octanol–water partition coefficient (Wildman–Crippen LogP) is 0.531. The molecule has 0 bridgehead atoms. The van der Waals surface area contributed by atoms with Gasteiger partial charge >= 0.3 is 17.9 Å². The monoisotopic (exact) mass is 235 g/mol. The average Bonchev–Trinajstić information content (AvgIpc) is 2.32. The van der Waals surface area contributed by atoms with Crippen molar-refractivity contribution in [2.45, 2.75) is 13.0 Å². The van der Waals surface area contributed by atoms with Gasteiger partial charge < -0.3 is 10.6 Å². The molecule has 0 saturated heterocycles. The van der Waals surface area contributed by atoms with E-state index in [2.05, 4.69) is 10.6 Å². The minimum absolute atomic E-state index is 0.360. The van der Waals surface area contributed by atoms with Gasteiger partial charge in [0.1, 0.15) is 0 Å². The van der Waals surface area contributed by atoms with Gasteiger partial charge in [0.2, 0.25) is 0 Å². The van der Waals surface area contributed by atoms with Gasteiger partial charge in [-0.15, -0.1) is 0 Å². The molecule has 0 aliphatic carbocycles. The van der Waals surface area contributed by atoms with Crippen molar-refractivity contribution in [3.63, 3.8) is 0 Å². The van der Waals surface area contributed by atoms with E-state index in [1.807, 2.05) is 6.92 Å². The van der Waals surface area contributed by atoms with Crippen molar-refractivity contribution in [2.24, 2.45) is 0 Å². The summed E-state index contributed by atoms with van der Waals surface area (Å²) in [6.45, 7) is 1.81. The number of nitrogens with zero attached hydrogens (tertiary/aromatic N) is 1. The van der Waals surface area contributed by atoms with Crippen LogP contribution in [-0.2, 0) is 9.59 Å². The molecular formula is C10H9N3O4. The highest BCUT2D eigenvalue weighted by Gasteiger charge is 2.40. The summed E-state index contributed by atoms with van der Waals surface area (Å²) in [5.41, 5.74) is 1.60. The van der Waals surface area contributed by atoms with Gasteiger partial charge in [-0.1, -0.05) is 6.07 Å². The maximum atomic E-state index is 11.5. The van der Waals surface area contributed by atoms with E-state index < -0.39 is 22.8 Å². The van der Waals surface area contributed by atoms with Crippen molar-refractivity contribution >= 4 is 23.2 Å². The van der Waals surface area contributed by atoms with Crippen LogP contribution >= 0.6 is 0 Å². The van der Waals surface area contributed by atoms with Crippen LogP contribution in [0, 0.1) is 17.0 Å². The van der Waals surface area contributed by atoms with Crippen LogP contribution < -0.4 is 10.6 Å². The summed E-state index contributed by atoms with van der Waals surface area (Å²) in [4.78, 5) is 32.7. The highest BCUT2D eigenvalue weighted by Crippen LogP contribution is 2.25. The molecule has 1 aliphatic rings. The van der Waals surface area contributed by atoms with E-state index in [1.165, 1.54) is 0 Å². The van der Waals surface area contributed by atoms with Crippen molar-refractivity contribution in [3.05, 3.63) is 33.9 Å². The van der Waals surface area contributed by atoms with Crippen LogP contribution in [0.15, 0.2) is 18.2 Å². The Bertz CT molecular complexity index is 526. The molecule has 0 radical (unpaired) electrons. The zero-order chi connectivity index (χ0) is 12.6. The number of carbonyl (C=O) groups excluding carboxylic acids is 2. The number of hydrogen-bond donors (Lipinski definition) is 2. The topological polar surface area (TPSA) is 101 Å². The van der Waals surface area contributed by atoms with Crippen molar-refractivity contribution < 1.29 is 14.5 Å². The first-order chi connectivity index (χ1) is 7.99. The van der Waals surface area contributed by atoms with Gasteiger partial charge in [0.15, 0.2) is 0 Å². The number of hydrogen-bond acceptors (Lipinski definition) is 4. The molecule has 2 amide bonds. The number of carbonyl (C=O) groups is 2. The van der Waals surface area contributed by atoms with Crippen LogP contribution in [-0.4, -0.2) is 22.8 Å². The van der Waals surface area contributed by atoms with Crippen molar-refractivity contribution in [1.82, 2.24) is 0 Å². The van der Waals surface area contributed by atoms with Gasteiger partial charge in [-0.2, -0.15) is 0 Å². The smallest absolute Gasteiger partial charge is 0.318 e. The quantitative estimate of drug-likeness (QED) is 0.421. The van der Waals surface area contributed by atoms with Crippen LogP contribution in [0.1, 0.15) is 5.56 Å². The average molecular weight is 235 g/mol. The van der Waals surface area contributed by atoms with E-state index in [0.717, 1.165) is 5.56 Å². The number of amides is 2. The Morgan fingerprint density at radius 2 is 1.76 bits per heavy atom. The van der Waals surface area contributed by atoms with Crippen molar-refractivity contribution in [3.8, 4) is 0 Å². The molecule has 0 spiro atoms. The third kappa shape index (κ3) is 1.94. The maximum absolute atomic E-state index is 11.5. The van der Waals surface area contributed by atoms with Gasteiger partial charge in [0, 0.05) is 4.92 Å². The third-order valence-corrected chi connectivity index (χ3v) is 2.40. The second-order valence-corrected chi connectivity index (χ2v) is 3.72. The number of fused-ring (bicyclic) bond motifs is 1. The standard InChI is InChI=1S/C10H9N3O4/c1-5-2-3-6-7(4-5)12-10(15)8(13(16)17)9(14)11-6/h2-4,8H,1H3,(H,11,14)(H,12,15). The number of benzene rings is 1.